The molecule has 0 saturated carbocycles. The Bertz CT molecular complexity index is 490. The molecule has 5 nitrogen and oxygen atoms in total. The van der Waals surface area contributed by atoms with E-state index in [0.29, 0.717) is 10.8 Å². The summed E-state index contributed by atoms with van der Waals surface area (Å²) in [5.74, 6) is -1.33. The monoisotopic (exact) mass is 254 g/mol. The van der Waals surface area contributed by atoms with Crippen molar-refractivity contribution in [3.63, 3.8) is 0 Å². The van der Waals surface area contributed by atoms with Crippen LogP contribution < -0.4 is 4.90 Å². The molecule has 0 radical (unpaired) electrons. The summed E-state index contributed by atoms with van der Waals surface area (Å²) >= 11 is 5.78. The average Bonchev–Trinajstić information content (AvgIpc) is 2.61. The average molecular weight is 255 g/mol. The Morgan fingerprint density at radius 2 is 2.35 bits per heavy atom. The molecule has 1 amide bonds. The fourth-order valence-electron chi connectivity index (χ4n) is 1.89. The normalized spacial score (nSPS) is 19.8. The van der Waals surface area contributed by atoms with Crippen LogP contribution in [0.5, 0.6) is 0 Å². The van der Waals surface area contributed by atoms with Crippen LogP contribution in [-0.4, -0.2) is 28.5 Å². The number of aliphatic carboxylic acids is 1. The molecular weight excluding hydrogens is 244 g/mol. The second-order valence-corrected chi connectivity index (χ2v) is 4.47. The Kier molecular flexibility index (Phi) is 3.02. The summed E-state index contributed by atoms with van der Waals surface area (Å²) in [6, 6.07) is 1.70. The Labute approximate surface area is 103 Å². The maximum atomic E-state index is 11.7. The highest BCUT2D eigenvalue weighted by atomic mass is 35.5. The fraction of sp³-hybridized carbons (Fsp3) is 0.364. The number of carbonyl (C=O) groups is 2. The molecule has 1 N–H and O–H groups in total. The zero-order chi connectivity index (χ0) is 12.6. The predicted octanol–water partition coefficient (Wildman–Crippen LogP) is 1.48. The second-order valence-electron chi connectivity index (χ2n) is 4.04. The minimum Gasteiger partial charge on any atom is -0.481 e. The van der Waals surface area contributed by atoms with Gasteiger partial charge in [-0.15, -0.1) is 0 Å². The van der Waals surface area contributed by atoms with Gasteiger partial charge in [0.05, 0.1) is 10.9 Å². The number of hydrogen-bond acceptors (Lipinski definition) is 3. The summed E-state index contributed by atoms with van der Waals surface area (Å²) in [7, 11) is 0. The van der Waals surface area contributed by atoms with Crippen molar-refractivity contribution in [3.8, 4) is 0 Å². The van der Waals surface area contributed by atoms with Crippen molar-refractivity contribution >= 4 is 29.3 Å². The molecule has 0 bridgehead atoms. The molecule has 1 atom stereocenters. The van der Waals surface area contributed by atoms with Gasteiger partial charge in [0, 0.05) is 19.2 Å². The minimum atomic E-state index is -0.951. The number of aromatic nitrogens is 1. The molecule has 1 aromatic heterocycles. The smallest absolute Gasteiger partial charge is 0.308 e. The number of anilines is 1. The third-order valence-electron chi connectivity index (χ3n) is 2.75. The molecule has 6 heteroatoms. The number of nitrogens with zero attached hydrogens (tertiary/aromatic N) is 2. The van der Waals surface area contributed by atoms with Crippen LogP contribution in [0.15, 0.2) is 12.3 Å². The topological polar surface area (TPSA) is 70.5 Å². The molecule has 0 aromatic carbocycles. The Balaban J connectivity index is 2.29. The highest BCUT2D eigenvalue weighted by Gasteiger charge is 2.36. The SMILES string of the molecule is Cc1cc(Cl)cnc1N1CC(C(=O)O)CC1=O. The third kappa shape index (κ3) is 2.24. The Morgan fingerprint density at radius 1 is 1.65 bits per heavy atom. The lowest BCUT2D eigenvalue weighted by molar-refractivity contribution is -0.141. The van der Waals surface area contributed by atoms with Gasteiger partial charge in [0.15, 0.2) is 0 Å². The van der Waals surface area contributed by atoms with Gasteiger partial charge in [-0.05, 0) is 18.6 Å². The van der Waals surface area contributed by atoms with E-state index in [0.717, 1.165) is 5.56 Å². The lowest BCUT2D eigenvalue weighted by Crippen LogP contribution is -2.27. The molecule has 1 aliphatic heterocycles. The van der Waals surface area contributed by atoms with E-state index in [-0.39, 0.29) is 18.9 Å². The van der Waals surface area contributed by atoms with E-state index in [4.69, 9.17) is 16.7 Å². The number of hydrogen-bond donors (Lipinski definition) is 1. The van der Waals surface area contributed by atoms with Crippen molar-refractivity contribution in [2.75, 3.05) is 11.4 Å². The van der Waals surface area contributed by atoms with Gasteiger partial charge < -0.3 is 5.11 Å². The van der Waals surface area contributed by atoms with Crippen LogP contribution in [0.4, 0.5) is 5.82 Å². The maximum absolute atomic E-state index is 11.7. The Hall–Kier alpha value is -1.62. The first-order chi connectivity index (χ1) is 7.99. The minimum absolute atomic E-state index is 0.0269. The van der Waals surface area contributed by atoms with Crippen molar-refractivity contribution in [3.05, 3.63) is 22.8 Å². The number of halogens is 1. The molecule has 0 aliphatic carbocycles. The van der Waals surface area contributed by atoms with Crippen molar-refractivity contribution in [2.45, 2.75) is 13.3 Å². The summed E-state index contributed by atoms with van der Waals surface area (Å²) in [6.07, 6.45) is 1.48. The number of carboxylic acids is 1. The van der Waals surface area contributed by atoms with Gasteiger partial charge in [-0.2, -0.15) is 0 Å². The van der Waals surface area contributed by atoms with Crippen LogP contribution in [0.25, 0.3) is 0 Å². The number of carbonyl (C=O) groups excluding carboxylic acids is 1. The molecule has 1 unspecified atom stereocenters. The fourth-order valence-corrected chi connectivity index (χ4v) is 2.11. The first kappa shape index (κ1) is 11.9. The first-order valence-corrected chi connectivity index (χ1v) is 5.52. The van der Waals surface area contributed by atoms with Gasteiger partial charge in [0.1, 0.15) is 5.82 Å². The number of pyridine rings is 1. The first-order valence-electron chi connectivity index (χ1n) is 5.14. The molecule has 2 rings (SSSR count). The van der Waals surface area contributed by atoms with Crippen molar-refractivity contribution < 1.29 is 14.7 Å². The highest BCUT2D eigenvalue weighted by molar-refractivity contribution is 6.30. The molecule has 1 saturated heterocycles. The lowest BCUT2D eigenvalue weighted by atomic mass is 10.1. The second kappa shape index (κ2) is 4.33. The third-order valence-corrected chi connectivity index (χ3v) is 2.95. The molecule has 17 heavy (non-hydrogen) atoms. The quantitative estimate of drug-likeness (QED) is 0.868. The van der Waals surface area contributed by atoms with Crippen LogP contribution in [0.2, 0.25) is 5.02 Å². The van der Waals surface area contributed by atoms with Gasteiger partial charge in [0.25, 0.3) is 0 Å². The summed E-state index contributed by atoms with van der Waals surface area (Å²) in [5, 5.41) is 9.38. The van der Waals surface area contributed by atoms with Gasteiger partial charge in [0.2, 0.25) is 5.91 Å². The van der Waals surface area contributed by atoms with E-state index < -0.39 is 11.9 Å². The van der Waals surface area contributed by atoms with Crippen molar-refractivity contribution in [1.29, 1.82) is 0 Å². The van der Waals surface area contributed by atoms with Crippen molar-refractivity contribution in [1.82, 2.24) is 4.98 Å². The number of amides is 1. The van der Waals surface area contributed by atoms with Gasteiger partial charge in [-0.3, -0.25) is 14.5 Å². The summed E-state index contributed by atoms with van der Waals surface area (Å²) in [4.78, 5) is 28.1. The number of rotatable bonds is 2. The zero-order valence-corrected chi connectivity index (χ0v) is 9.94. The van der Waals surface area contributed by atoms with E-state index in [2.05, 4.69) is 4.98 Å². The highest BCUT2D eigenvalue weighted by Crippen LogP contribution is 2.27. The van der Waals surface area contributed by atoms with E-state index in [1.165, 1.54) is 11.1 Å². The summed E-state index contributed by atoms with van der Waals surface area (Å²) < 4.78 is 0. The number of carboxylic acid groups (broad SMARTS) is 1. The molecule has 0 spiro atoms. The van der Waals surface area contributed by atoms with E-state index in [9.17, 15) is 9.59 Å². The Morgan fingerprint density at radius 3 is 2.88 bits per heavy atom. The largest absolute Gasteiger partial charge is 0.481 e. The molecule has 1 aromatic rings. The predicted molar refractivity (Wildman–Crippen MR) is 62.1 cm³/mol. The van der Waals surface area contributed by atoms with Crippen LogP contribution in [0.3, 0.4) is 0 Å². The summed E-state index contributed by atoms with van der Waals surface area (Å²) in [5.41, 5.74) is 0.761. The van der Waals surface area contributed by atoms with E-state index in [1.54, 1.807) is 13.0 Å². The van der Waals surface area contributed by atoms with Crippen LogP contribution in [0.1, 0.15) is 12.0 Å². The lowest BCUT2D eigenvalue weighted by Gasteiger charge is -2.17. The summed E-state index contributed by atoms with van der Waals surface area (Å²) in [6.45, 7) is 1.96. The van der Waals surface area contributed by atoms with E-state index in [1.807, 2.05) is 0 Å². The van der Waals surface area contributed by atoms with Crippen LogP contribution in [-0.2, 0) is 9.59 Å². The molecule has 1 fully saturated rings. The molecule has 90 valence electrons. The van der Waals surface area contributed by atoms with Gasteiger partial charge in [-0.25, -0.2) is 4.98 Å². The van der Waals surface area contributed by atoms with Crippen molar-refractivity contribution in [2.24, 2.45) is 5.92 Å². The van der Waals surface area contributed by atoms with Crippen LogP contribution >= 0.6 is 11.6 Å². The molecule has 1 aliphatic rings. The molecular formula is C11H11ClN2O3. The van der Waals surface area contributed by atoms with E-state index >= 15 is 0 Å². The maximum Gasteiger partial charge on any atom is 0.308 e. The standard InChI is InChI=1S/C11H11ClN2O3/c1-6-2-8(12)4-13-10(6)14-5-7(11(16)17)3-9(14)15/h2,4,7H,3,5H2,1H3,(H,16,17). The zero-order valence-electron chi connectivity index (χ0n) is 9.18. The number of aryl methyl sites for hydroxylation is 1. The van der Waals surface area contributed by atoms with Gasteiger partial charge in [-0.1, -0.05) is 11.6 Å². The molecule has 2 heterocycles. The van der Waals surface area contributed by atoms with Gasteiger partial charge >= 0.3 is 5.97 Å². The van der Waals surface area contributed by atoms with Crippen LogP contribution in [0, 0.1) is 12.8 Å².